The van der Waals surface area contributed by atoms with E-state index in [1.54, 1.807) is 34.2 Å². The Morgan fingerprint density at radius 1 is 0.837 bits per heavy atom. The summed E-state index contributed by atoms with van der Waals surface area (Å²) < 4.78 is 23.0. The second-order valence-electron chi connectivity index (χ2n) is 10.3. The minimum Gasteiger partial charge on any atom is -0.485 e. The molecule has 0 spiro atoms. The number of ether oxygens (including phenoxy) is 1. The molecule has 0 atom stereocenters. The average molecular weight is 588 g/mol. The van der Waals surface area contributed by atoms with E-state index in [-0.39, 0.29) is 17.9 Å². The molecule has 3 aromatic heterocycles. The topological polar surface area (TPSA) is 57.0 Å². The molecule has 5 nitrogen and oxygen atoms in total. The number of thiophene rings is 1. The molecule has 0 bridgehead atoms. The summed E-state index contributed by atoms with van der Waals surface area (Å²) in [6, 6.07) is 32.2. The van der Waals surface area contributed by atoms with Crippen molar-refractivity contribution in [3.63, 3.8) is 0 Å². The number of rotatable bonds is 9. The number of para-hydroxylation sites is 1. The molecule has 214 valence electrons. The first kappa shape index (κ1) is 28.2. The molecule has 7 heteroatoms. The molecule has 0 N–H and O–H groups in total. The normalized spacial score (nSPS) is 11.0. The van der Waals surface area contributed by atoms with Crippen LogP contribution in [-0.2, 0) is 19.6 Å². The number of benzene rings is 3. The molecule has 0 fully saturated rings. The minimum atomic E-state index is -0.507. The van der Waals surface area contributed by atoms with E-state index in [0.29, 0.717) is 35.6 Å². The molecule has 0 aliphatic rings. The monoisotopic (exact) mass is 587 g/mol. The smallest absolute Gasteiger partial charge is 0.262 e. The molecule has 3 heterocycles. The van der Waals surface area contributed by atoms with E-state index in [1.165, 1.54) is 6.07 Å². The molecule has 0 unspecified atom stereocenters. The lowest BCUT2D eigenvalue weighted by Gasteiger charge is -2.18. The second-order valence-corrected chi connectivity index (χ2v) is 11.5. The van der Waals surface area contributed by atoms with Crippen molar-refractivity contribution >= 4 is 11.3 Å². The zero-order valence-corrected chi connectivity index (χ0v) is 24.8. The highest BCUT2D eigenvalue weighted by Crippen LogP contribution is 2.37. The van der Waals surface area contributed by atoms with Gasteiger partial charge in [-0.3, -0.25) is 14.3 Å². The fraction of sp³-hybridized carbons (Fsp3) is 0.139. The summed E-state index contributed by atoms with van der Waals surface area (Å²) in [6.45, 7) is 4.42. The predicted molar refractivity (Wildman–Crippen MR) is 171 cm³/mol. The Hall–Kier alpha value is -4.88. The predicted octanol–water partition coefficient (Wildman–Crippen LogP) is 8.28. The number of pyridine rings is 1. The van der Waals surface area contributed by atoms with Crippen molar-refractivity contribution in [2.45, 2.75) is 33.4 Å². The summed E-state index contributed by atoms with van der Waals surface area (Å²) in [7, 11) is 0. The van der Waals surface area contributed by atoms with Gasteiger partial charge in [0, 0.05) is 28.1 Å². The maximum atomic E-state index is 15.3. The van der Waals surface area contributed by atoms with Gasteiger partial charge in [0.2, 0.25) is 0 Å². The Bertz CT molecular complexity index is 1920. The van der Waals surface area contributed by atoms with Crippen molar-refractivity contribution in [3.05, 3.63) is 147 Å². The van der Waals surface area contributed by atoms with Crippen LogP contribution in [0.2, 0.25) is 0 Å². The van der Waals surface area contributed by atoms with Crippen LogP contribution in [0.15, 0.2) is 114 Å². The standard InChI is InChI=1S/C36H30FN3O2S/c1-24-33(32-22-29(25(2)43-32)31-18-9-10-20-38-31)36(41)40(21-19-26-12-5-3-6-13-26)35(39-24)28-16-11-17-30(37)34(28)42-23-27-14-7-4-8-15-27/h3-18,20,22H,19,21,23H2,1-2H3. The average Bonchev–Trinajstić information content (AvgIpc) is 3.41. The van der Waals surface area contributed by atoms with E-state index in [9.17, 15) is 4.79 Å². The molecule has 0 aliphatic heterocycles. The molecule has 0 amide bonds. The Morgan fingerprint density at radius 2 is 1.56 bits per heavy atom. The van der Waals surface area contributed by atoms with Gasteiger partial charge >= 0.3 is 0 Å². The van der Waals surface area contributed by atoms with Crippen molar-refractivity contribution in [2.24, 2.45) is 0 Å². The number of aryl methyl sites for hydroxylation is 3. The van der Waals surface area contributed by atoms with Gasteiger partial charge in [-0.2, -0.15) is 0 Å². The van der Waals surface area contributed by atoms with Crippen LogP contribution in [0.1, 0.15) is 21.7 Å². The first-order valence-electron chi connectivity index (χ1n) is 14.1. The summed E-state index contributed by atoms with van der Waals surface area (Å²) in [5.74, 6) is -0.0563. The van der Waals surface area contributed by atoms with Crippen LogP contribution >= 0.6 is 11.3 Å². The summed E-state index contributed by atoms with van der Waals surface area (Å²) in [5.41, 5.74) is 5.22. The third-order valence-electron chi connectivity index (χ3n) is 7.36. The van der Waals surface area contributed by atoms with E-state index in [0.717, 1.165) is 32.1 Å². The van der Waals surface area contributed by atoms with Crippen LogP contribution in [-0.4, -0.2) is 14.5 Å². The Balaban J connectivity index is 1.48. The number of nitrogens with zero attached hydrogens (tertiary/aromatic N) is 3. The third-order valence-corrected chi connectivity index (χ3v) is 8.42. The fourth-order valence-electron chi connectivity index (χ4n) is 5.19. The van der Waals surface area contributed by atoms with Crippen LogP contribution in [0.4, 0.5) is 4.39 Å². The van der Waals surface area contributed by atoms with Crippen LogP contribution < -0.4 is 10.3 Å². The van der Waals surface area contributed by atoms with Gasteiger partial charge in [-0.25, -0.2) is 9.37 Å². The highest BCUT2D eigenvalue weighted by Gasteiger charge is 2.23. The molecule has 6 rings (SSSR count). The van der Waals surface area contributed by atoms with Gasteiger partial charge < -0.3 is 4.74 Å². The van der Waals surface area contributed by atoms with Gasteiger partial charge in [0.1, 0.15) is 12.4 Å². The van der Waals surface area contributed by atoms with Crippen molar-refractivity contribution in [3.8, 4) is 38.8 Å². The van der Waals surface area contributed by atoms with Crippen molar-refractivity contribution in [1.29, 1.82) is 0 Å². The largest absolute Gasteiger partial charge is 0.485 e. The maximum Gasteiger partial charge on any atom is 0.262 e. The fourth-order valence-corrected chi connectivity index (χ4v) is 6.30. The molecular weight excluding hydrogens is 557 g/mol. The first-order chi connectivity index (χ1) is 21.0. The highest BCUT2D eigenvalue weighted by atomic mass is 32.1. The maximum absolute atomic E-state index is 15.3. The minimum absolute atomic E-state index is 0.0725. The van der Waals surface area contributed by atoms with Gasteiger partial charge in [0.25, 0.3) is 5.56 Å². The lowest BCUT2D eigenvalue weighted by Crippen LogP contribution is -2.27. The molecule has 3 aromatic carbocycles. The Labute approximate surface area is 253 Å². The summed E-state index contributed by atoms with van der Waals surface area (Å²) in [6.07, 6.45) is 2.37. The second kappa shape index (κ2) is 12.5. The quantitative estimate of drug-likeness (QED) is 0.171. The van der Waals surface area contributed by atoms with Crippen molar-refractivity contribution in [1.82, 2.24) is 14.5 Å². The molecule has 0 saturated carbocycles. The number of halogens is 1. The molecule has 6 aromatic rings. The van der Waals surface area contributed by atoms with Crippen LogP contribution in [0, 0.1) is 19.7 Å². The van der Waals surface area contributed by atoms with Gasteiger partial charge in [-0.1, -0.05) is 72.8 Å². The van der Waals surface area contributed by atoms with Gasteiger partial charge in [0.05, 0.1) is 22.5 Å². The van der Waals surface area contributed by atoms with Gasteiger partial charge in [-0.05, 0) is 61.7 Å². The summed E-state index contributed by atoms with van der Waals surface area (Å²) in [5, 5.41) is 0. The summed E-state index contributed by atoms with van der Waals surface area (Å²) >= 11 is 1.55. The number of hydrogen-bond acceptors (Lipinski definition) is 5. The zero-order chi connectivity index (χ0) is 29.8. The van der Waals surface area contributed by atoms with E-state index in [1.807, 2.05) is 98.8 Å². The number of hydrogen-bond donors (Lipinski definition) is 0. The molecule has 0 saturated heterocycles. The van der Waals surface area contributed by atoms with Gasteiger partial charge in [-0.15, -0.1) is 11.3 Å². The van der Waals surface area contributed by atoms with Crippen molar-refractivity contribution in [2.75, 3.05) is 0 Å². The van der Waals surface area contributed by atoms with E-state index >= 15 is 4.39 Å². The van der Waals surface area contributed by atoms with Crippen LogP contribution in [0.5, 0.6) is 5.75 Å². The van der Waals surface area contributed by atoms with E-state index < -0.39 is 5.82 Å². The van der Waals surface area contributed by atoms with Crippen LogP contribution in [0.3, 0.4) is 0 Å². The van der Waals surface area contributed by atoms with Crippen LogP contribution in [0.25, 0.3) is 33.1 Å². The lowest BCUT2D eigenvalue weighted by molar-refractivity contribution is 0.291. The first-order valence-corrected chi connectivity index (χ1v) is 14.9. The molecule has 43 heavy (non-hydrogen) atoms. The van der Waals surface area contributed by atoms with Gasteiger partial charge in [0.15, 0.2) is 11.6 Å². The number of aromatic nitrogens is 3. The lowest BCUT2D eigenvalue weighted by atomic mass is 10.1. The van der Waals surface area contributed by atoms with E-state index in [4.69, 9.17) is 9.72 Å². The SMILES string of the molecule is Cc1nc(-c2cccc(F)c2OCc2ccccc2)n(CCc2ccccc2)c(=O)c1-c1cc(-c2ccccn2)c(C)s1. The Kier molecular flexibility index (Phi) is 8.24. The molecule has 0 aliphatic carbocycles. The van der Waals surface area contributed by atoms with Crippen molar-refractivity contribution < 1.29 is 9.13 Å². The van der Waals surface area contributed by atoms with E-state index in [2.05, 4.69) is 4.98 Å². The third kappa shape index (κ3) is 6.03. The zero-order valence-electron chi connectivity index (χ0n) is 24.0. The molecular formula is C36H30FN3O2S. The highest BCUT2D eigenvalue weighted by molar-refractivity contribution is 7.16. The Morgan fingerprint density at radius 3 is 2.28 bits per heavy atom. The summed E-state index contributed by atoms with van der Waals surface area (Å²) in [4.78, 5) is 25.8. The molecule has 0 radical (unpaired) electrons.